The van der Waals surface area contributed by atoms with Gasteiger partial charge in [0.1, 0.15) is 29.8 Å². The second kappa shape index (κ2) is 11.5. The molecule has 2 aromatic carbocycles. The Morgan fingerprint density at radius 3 is 2.79 bits per heavy atom. The molecule has 204 valence electrons. The third-order valence-corrected chi connectivity index (χ3v) is 7.96. The van der Waals surface area contributed by atoms with Crippen LogP contribution in [0.25, 0.3) is 10.9 Å². The standard InChI is InChI=1S/C29H31ClFN5O3/c30-23-11-20(5-6-24(23)31)34-29-22-12-26(27(13-25(22)32-17-33-29)39-21-7-9-38-16-21)35-28(37)2-1-8-36-14-18-3-4-19(10-18)15-36/h1-2,5-6,11-13,17-19,21H,3-4,7-10,14-16H2,(H,35,37)(H,32,33,34)/b2-1+/t18?,19?,21-/m0/s1. The van der Waals surface area contributed by atoms with Crippen molar-refractivity contribution in [1.82, 2.24) is 14.9 Å². The average molecular weight is 552 g/mol. The van der Waals surface area contributed by atoms with E-state index in [-0.39, 0.29) is 17.0 Å². The van der Waals surface area contributed by atoms with Gasteiger partial charge in [-0.25, -0.2) is 14.4 Å². The van der Waals surface area contributed by atoms with Gasteiger partial charge < -0.3 is 20.1 Å². The lowest BCUT2D eigenvalue weighted by Gasteiger charge is -2.30. The zero-order chi connectivity index (χ0) is 26.8. The Kier molecular flexibility index (Phi) is 7.63. The van der Waals surface area contributed by atoms with Crippen molar-refractivity contribution in [2.24, 2.45) is 11.8 Å². The number of carbonyl (C=O) groups is 1. The fourth-order valence-electron chi connectivity index (χ4n) is 5.82. The van der Waals surface area contributed by atoms with E-state index in [4.69, 9.17) is 21.1 Å². The molecular weight excluding hydrogens is 521 g/mol. The molecule has 39 heavy (non-hydrogen) atoms. The molecule has 2 aliphatic heterocycles. The molecule has 3 aromatic rings. The van der Waals surface area contributed by atoms with Crippen LogP contribution in [0.1, 0.15) is 25.7 Å². The van der Waals surface area contributed by atoms with Crippen LogP contribution in [0.2, 0.25) is 5.02 Å². The predicted octanol–water partition coefficient (Wildman–Crippen LogP) is 5.56. The monoisotopic (exact) mass is 551 g/mol. The maximum Gasteiger partial charge on any atom is 0.248 e. The number of hydrogen-bond acceptors (Lipinski definition) is 7. The number of benzene rings is 2. The van der Waals surface area contributed by atoms with E-state index in [1.807, 2.05) is 6.08 Å². The molecule has 0 spiro atoms. The number of aromatic nitrogens is 2. The maximum atomic E-state index is 13.7. The van der Waals surface area contributed by atoms with Gasteiger partial charge in [0.25, 0.3) is 0 Å². The summed E-state index contributed by atoms with van der Waals surface area (Å²) in [5.41, 5.74) is 1.71. The SMILES string of the molecule is O=C(/C=C/CN1CC2CCC(C2)C1)Nc1cc2c(Nc3ccc(F)c(Cl)c3)ncnc2cc1O[C@H]1CCOC1. The minimum atomic E-state index is -0.502. The van der Waals surface area contributed by atoms with Crippen molar-refractivity contribution in [3.8, 4) is 5.75 Å². The number of halogens is 2. The first-order valence-corrected chi connectivity index (χ1v) is 13.8. The summed E-state index contributed by atoms with van der Waals surface area (Å²) in [6.45, 7) is 4.12. The van der Waals surface area contributed by atoms with Crippen LogP contribution >= 0.6 is 11.6 Å². The number of nitrogens with one attached hydrogen (secondary N) is 2. The fourth-order valence-corrected chi connectivity index (χ4v) is 6.00. The van der Waals surface area contributed by atoms with Gasteiger partial charge in [-0.05, 0) is 55.4 Å². The summed E-state index contributed by atoms with van der Waals surface area (Å²) in [4.78, 5) is 24.2. The van der Waals surface area contributed by atoms with E-state index in [0.29, 0.717) is 47.1 Å². The molecule has 2 bridgehead atoms. The number of fused-ring (bicyclic) bond motifs is 3. The summed E-state index contributed by atoms with van der Waals surface area (Å²) in [7, 11) is 0. The highest BCUT2D eigenvalue weighted by atomic mass is 35.5. The van der Waals surface area contributed by atoms with Gasteiger partial charge >= 0.3 is 0 Å². The number of piperidine rings is 1. The number of hydrogen-bond donors (Lipinski definition) is 2. The van der Waals surface area contributed by atoms with Crippen molar-refractivity contribution in [3.05, 3.63) is 59.7 Å². The van der Waals surface area contributed by atoms with Crippen molar-refractivity contribution < 1.29 is 18.7 Å². The van der Waals surface area contributed by atoms with Crippen molar-refractivity contribution >= 4 is 45.6 Å². The van der Waals surface area contributed by atoms with Gasteiger partial charge in [-0.3, -0.25) is 9.69 Å². The van der Waals surface area contributed by atoms with Crippen LogP contribution in [0.15, 0.2) is 48.8 Å². The quantitative estimate of drug-likeness (QED) is 0.354. The molecule has 3 fully saturated rings. The van der Waals surface area contributed by atoms with E-state index in [1.54, 1.807) is 24.3 Å². The Labute approximate surface area is 231 Å². The van der Waals surface area contributed by atoms with Crippen LogP contribution in [0.4, 0.5) is 21.6 Å². The second-order valence-corrected chi connectivity index (χ2v) is 11.0. The lowest BCUT2D eigenvalue weighted by molar-refractivity contribution is -0.111. The van der Waals surface area contributed by atoms with Crippen LogP contribution in [-0.4, -0.2) is 59.7 Å². The van der Waals surface area contributed by atoms with E-state index in [2.05, 4.69) is 25.5 Å². The molecule has 2 N–H and O–H groups in total. The van der Waals surface area contributed by atoms with Crippen molar-refractivity contribution in [1.29, 1.82) is 0 Å². The molecule has 1 amide bonds. The summed E-state index contributed by atoms with van der Waals surface area (Å²) in [6, 6.07) is 7.94. The molecule has 3 aliphatic rings. The van der Waals surface area contributed by atoms with Crippen LogP contribution in [0, 0.1) is 17.7 Å². The summed E-state index contributed by atoms with van der Waals surface area (Å²) < 4.78 is 25.3. The minimum absolute atomic E-state index is 0.00442. The molecule has 10 heteroatoms. The molecule has 3 heterocycles. The topological polar surface area (TPSA) is 88.6 Å². The summed E-state index contributed by atoms with van der Waals surface area (Å²) in [6.07, 6.45) is 9.63. The third-order valence-electron chi connectivity index (χ3n) is 7.67. The van der Waals surface area contributed by atoms with E-state index in [9.17, 15) is 9.18 Å². The van der Waals surface area contributed by atoms with Gasteiger partial charge in [0.2, 0.25) is 5.91 Å². The van der Waals surface area contributed by atoms with Crippen molar-refractivity contribution in [3.63, 3.8) is 0 Å². The number of anilines is 3. The summed E-state index contributed by atoms with van der Waals surface area (Å²) >= 11 is 5.96. The molecule has 1 aliphatic carbocycles. The molecule has 6 rings (SSSR count). The molecular formula is C29H31ClFN5O3. The van der Waals surface area contributed by atoms with E-state index in [0.717, 1.165) is 37.9 Å². The minimum Gasteiger partial charge on any atom is -0.486 e. The highest BCUT2D eigenvalue weighted by molar-refractivity contribution is 6.31. The lowest BCUT2D eigenvalue weighted by atomic mass is 9.99. The number of likely N-dealkylation sites (tertiary alicyclic amines) is 1. The van der Waals surface area contributed by atoms with Crippen molar-refractivity contribution in [2.45, 2.75) is 31.8 Å². The molecule has 2 unspecified atom stereocenters. The van der Waals surface area contributed by atoms with E-state index in [1.165, 1.54) is 37.7 Å². The molecule has 1 saturated carbocycles. The number of carbonyl (C=O) groups excluding carboxylic acids is 1. The van der Waals surface area contributed by atoms with Gasteiger partial charge in [0.05, 0.1) is 29.4 Å². The van der Waals surface area contributed by atoms with E-state index >= 15 is 0 Å². The molecule has 3 atom stereocenters. The normalized spacial score (nSPS) is 23.0. The molecule has 8 nitrogen and oxygen atoms in total. The first kappa shape index (κ1) is 26.0. The number of ether oxygens (including phenoxy) is 2. The van der Waals surface area contributed by atoms with Gasteiger partial charge in [0, 0.05) is 49.3 Å². The van der Waals surface area contributed by atoms with Gasteiger partial charge in [-0.15, -0.1) is 0 Å². The third kappa shape index (κ3) is 6.16. The summed E-state index contributed by atoms with van der Waals surface area (Å²) in [5.74, 6) is 1.88. The largest absolute Gasteiger partial charge is 0.486 e. The number of nitrogens with zero attached hydrogens (tertiary/aromatic N) is 3. The van der Waals surface area contributed by atoms with Crippen LogP contribution in [0.5, 0.6) is 5.75 Å². The first-order valence-electron chi connectivity index (χ1n) is 13.5. The highest BCUT2D eigenvalue weighted by Gasteiger charge is 2.32. The average Bonchev–Trinajstić information content (AvgIpc) is 3.55. The molecule has 1 aromatic heterocycles. The second-order valence-electron chi connectivity index (χ2n) is 10.6. The summed E-state index contributed by atoms with van der Waals surface area (Å²) in [5, 5.41) is 6.83. The van der Waals surface area contributed by atoms with Gasteiger partial charge in [-0.1, -0.05) is 17.7 Å². The van der Waals surface area contributed by atoms with Gasteiger partial charge in [-0.2, -0.15) is 0 Å². The predicted molar refractivity (Wildman–Crippen MR) is 149 cm³/mol. The Morgan fingerprint density at radius 2 is 2.03 bits per heavy atom. The number of amides is 1. The zero-order valence-corrected chi connectivity index (χ0v) is 22.3. The number of rotatable bonds is 8. The Morgan fingerprint density at radius 1 is 1.18 bits per heavy atom. The Hall–Kier alpha value is -3.27. The van der Waals surface area contributed by atoms with Crippen LogP contribution in [0.3, 0.4) is 0 Å². The first-order chi connectivity index (χ1) is 19.0. The van der Waals surface area contributed by atoms with Crippen LogP contribution < -0.4 is 15.4 Å². The lowest BCUT2D eigenvalue weighted by Crippen LogP contribution is -2.36. The van der Waals surface area contributed by atoms with Crippen molar-refractivity contribution in [2.75, 3.05) is 43.5 Å². The van der Waals surface area contributed by atoms with Crippen LogP contribution in [-0.2, 0) is 9.53 Å². The fraction of sp³-hybridized carbons (Fsp3) is 0.414. The Balaban J connectivity index is 1.23. The Bertz CT molecular complexity index is 1380. The highest BCUT2D eigenvalue weighted by Crippen LogP contribution is 2.37. The molecule has 0 radical (unpaired) electrons. The zero-order valence-electron chi connectivity index (χ0n) is 21.5. The smallest absolute Gasteiger partial charge is 0.248 e. The van der Waals surface area contributed by atoms with E-state index < -0.39 is 5.82 Å². The maximum absolute atomic E-state index is 13.7. The van der Waals surface area contributed by atoms with Gasteiger partial charge in [0.15, 0.2) is 0 Å². The molecule has 2 saturated heterocycles.